The van der Waals surface area contributed by atoms with E-state index in [0.29, 0.717) is 6.04 Å². The van der Waals surface area contributed by atoms with Gasteiger partial charge < -0.3 is 10.4 Å². The van der Waals surface area contributed by atoms with E-state index >= 15 is 0 Å². The van der Waals surface area contributed by atoms with Gasteiger partial charge >= 0.3 is 5.97 Å². The Bertz CT molecular complexity index is 589. The molecule has 92 valence electrons. The van der Waals surface area contributed by atoms with Gasteiger partial charge in [-0.3, -0.25) is 0 Å². The third kappa shape index (κ3) is 1.76. The number of carboxylic acid groups (broad SMARTS) is 1. The first-order chi connectivity index (χ1) is 8.75. The maximum absolute atomic E-state index is 11.0. The summed E-state index contributed by atoms with van der Waals surface area (Å²) in [6.07, 6.45) is 1.67. The Morgan fingerprint density at radius 3 is 2.94 bits per heavy atom. The fraction of sp³-hybridized carbons (Fsp3) is 0.250. The van der Waals surface area contributed by atoms with Gasteiger partial charge in [0.05, 0.1) is 23.5 Å². The highest BCUT2D eigenvalue weighted by molar-refractivity contribution is 5.89. The molecule has 0 atom stereocenters. The van der Waals surface area contributed by atoms with E-state index in [1.807, 2.05) is 10.7 Å². The number of nitrogens with zero attached hydrogens (tertiary/aromatic N) is 3. The molecule has 2 aromatic rings. The van der Waals surface area contributed by atoms with E-state index in [1.54, 1.807) is 24.4 Å². The van der Waals surface area contributed by atoms with E-state index in [2.05, 4.69) is 15.6 Å². The van der Waals surface area contributed by atoms with Crippen LogP contribution in [0.1, 0.15) is 16.4 Å². The molecule has 1 fully saturated rings. The Labute approximate surface area is 103 Å². The second-order valence-electron chi connectivity index (χ2n) is 4.26. The number of hydrogen-bond donors (Lipinski definition) is 2. The third-order valence-corrected chi connectivity index (χ3v) is 3.09. The van der Waals surface area contributed by atoms with Gasteiger partial charge in [-0.1, -0.05) is 17.3 Å². The van der Waals surface area contributed by atoms with Crippen LogP contribution in [0.15, 0.2) is 30.5 Å². The quantitative estimate of drug-likeness (QED) is 0.834. The molecule has 6 nitrogen and oxygen atoms in total. The van der Waals surface area contributed by atoms with E-state index < -0.39 is 5.97 Å². The normalized spacial score (nSPS) is 15.3. The molecule has 18 heavy (non-hydrogen) atoms. The average Bonchev–Trinajstić information content (AvgIpc) is 2.76. The van der Waals surface area contributed by atoms with Gasteiger partial charge in [-0.15, -0.1) is 5.10 Å². The highest BCUT2D eigenvalue weighted by atomic mass is 16.4. The molecule has 1 aliphatic rings. The van der Waals surface area contributed by atoms with Gasteiger partial charge in [-0.05, 0) is 12.1 Å². The maximum Gasteiger partial charge on any atom is 0.335 e. The van der Waals surface area contributed by atoms with Crippen LogP contribution in [0.2, 0.25) is 0 Å². The van der Waals surface area contributed by atoms with Gasteiger partial charge in [-0.25, -0.2) is 9.48 Å². The smallest absolute Gasteiger partial charge is 0.335 e. The molecule has 0 bridgehead atoms. The molecular weight excluding hydrogens is 232 g/mol. The van der Waals surface area contributed by atoms with Gasteiger partial charge in [0.25, 0.3) is 0 Å². The molecule has 2 N–H and O–H groups in total. The van der Waals surface area contributed by atoms with Crippen molar-refractivity contribution >= 4 is 5.97 Å². The van der Waals surface area contributed by atoms with Crippen LogP contribution in [0, 0.1) is 0 Å². The number of hydrogen-bond acceptors (Lipinski definition) is 4. The lowest BCUT2D eigenvalue weighted by Crippen LogP contribution is -2.44. The average molecular weight is 244 g/mol. The number of carbonyl (C=O) groups is 1. The van der Waals surface area contributed by atoms with E-state index in [0.717, 1.165) is 24.3 Å². The zero-order valence-corrected chi connectivity index (χ0v) is 9.58. The van der Waals surface area contributed by atoms with Gasteiger partial charge in [0.1, 0.15) is 0 Å². The highest BCUT2D eigenvalue weighted by Crippen LogP contribution is 2.23. The van der Waals surface area contributed by atoms with Crippen molar-refractivity contribution < 1.29 is 9.90 Å². The summed E-state index contributed by atoms with van der Waals surface area (Å²) >= 11 is 0. The summed E-state index contributed by atoms with van der Waals surface area (Å²) in [7, 11) is 0. The van der Waals surface area contributed by atoms with E-state index in [1.165, 1.54) is 0 Å². The summed E-state index contributed by atoms with van der Waals surface area (Å²) in [5.41, 5.74) is 1.95. The highest BCUT2D eigenvalue weighted by Gasteiger charge is 2.22. The standard InChI is InChI=1S/C12H12N4O2/c17-12(18)9-3-1-2-8(4-9)11-7-14-15-16(11)10-5-13-6-10/h1-4,7,10,13H,5-6H2,(H,17,18). The topological polar surface area (TPSA) is 80.0 Å². The van der Waals surface area contributed by atoms with Crippen molar-refractivity contribution in [3.05, 3.63) is 36.0 Å². The Hall–Kier alpha value is -2.21. The minimum atomic E-state index is -0.929. The summed E-state index contributed by atoms with van der Waals surface area (Å²) in [4.78, 5) is 11.0. The minimum absolute atomic E-state index is 0.270. The van der Waals surface area contributed by atoms with Gasteiger partial charge in [0, 0.05) is 18.7 Å². The van der Waals surface area contributed by atoms with Gasteiger partial charge in [-0.2, -0.15) is 0 Å². The summed E-state index contributed by atoms with van der Waals surface area (Å²) in [5.74, 6) is -0.929. The van der Waals surface area contributed by atoms with E-state index in [9.17, 15) is 4.79 Å². The number of nitrogens with one attached hydrogen (secondary N) is 1. The van der Waals surface area contributed by atoms with Crippen molar-refractivity contribution in [3.8, 4) is 11.3 Å². The molecule has 0 unspecified atom stereocenters. The molecule has 0 radical (unpaired) electrons. The number of benzene rings is 1. The molecule has 6 heteroatoms. The molecular formula is C12H12N4O2. The number of carboxylic acids is 1. The predicted molar refractivity (Wildman–Crippen MR) is 64.3 cm³/mol. The SMILES string of the molecule is O=C(O)c1cccc(-c2cnnn2C2CNC2)c1. The van der Waals surface area contributed by atoms with Crippen LogP contribution in [0.4, 0.5) is 0 Å². The van der Waals surface area contributed by atoms with Crippen LogP contribution in [-0.2, 0) is 0 Å². The van der Waals surface area contributed by atoms with Crippen LogP contribution in [0.25, 0.3) is 11.3 Å². The summed E-state index contributed by atoms with van der Waals surface area (Å²) < 4.78 is 1.84. The molecule has 0 spiro atoms. The minimum Gasteiger partial charge on any atom is -0.478 e. The van der Waals surface area contributed by atoms with Crippen molar-refractivity contribution in [1.82, 2.24) is 20.3 Å². The first-order valence-electron chi connectivity index (χ1n) is 5.70. The second-order valence-corrected chi connectivity index (χ2v) is 4.26. The monoisotopic (exact) mass is 244 g/mol. The maximum atomic E-state index is 11.0. The molecule has 1 aliphatic heterocycles. The Balaban J connectivity index is 2.01. The molecule has 1 aromatic heterocycles. The second kappa shape index (κ2) is 4.23. The van der Waals surface area contributed by atoms with Crippen LogP contribution in [-0.4, -0.2) is 39.2 Å². The zero-order chi connectivity index (χ0) is 12.5. The predicted octanol–water partition coefficient (Wildman–Crippen LogP) is 0.788. The lowest BCUT2D eigenvalue weighted by atomic mass is 10.1. The molecule has 0 saturated carbocycles. The summed E-state index contributed by atoms with van der Waals surface area (Å²) in [6.45, 7) is 1.74. The van der Waals surface area contributed by atoms with Crippen molar-refractivity contribution in [2.75, 3.05) is 13.1 Å². The summed E-state index contributed by atoms with van der Waals surface area (Å²) in [6, 6.07) is 7.12. The largest absolute Gasteiger partial charge is 0.478 e. The number of aromatic nitrogens is 3. The molecule has 0 aliphatic carbocycles. The third-order valence-electron chi connectivity index (χ3n) is 3.09. The van der Waals surface area contributed by atoms with Crippen LogP contribution in [0.5, 0.6) is 0 Å². The van der Waals surface area contributed by atoms with Crippen LogP contribution >= 0.6 is 0 Å². The summed E-state index contributed by atoms with van der Waals surface area (Å²) in [5, 5.41) is 20.2. The van der Waals surface area contributed by atoms with Gasteiger partial charge in [0.15, 0.2) is 0 Å². The van der Waals surface area contributed by atoms with Gasteiger partial charge in [0.2, 0.25) is 0 Å². The fourth-order valence-corrected chi connectivity index (χ4v) is 1.98. The Kier molecular flexibility index (Phi) is 2.56. The molecule has 0 amide bonds. The van der Waals surface area contributed by atoms with Crippen molar-refractivity contribution in [2.24, 2.45) is 0 Å². The Morgan fingerprint density at radius 2 is 2.28 bits per heavy atom. The zero-order valence-electron chi connectivity index (χ0n) is 9.58. The van der Waals surface area contributed by atoms with Crippen molar-refractivity contribution in [2.45, 2.75) is 6.04 Å². The first kappa shape index (κ1) is 10.9. The van der Waals surface area contributed by atoms with E-state index in [-0.39, 0.29) is 5.56 Å². The Morgan fingerprint density at radius 1 is 1.44 bits per heavy atom. The van der Waals surface area contributed by atoms with E-state index in [4.69, 9.17) is 5.11 Å². The fourth-order valence-electron chi connectivity index (χ4n) is 1.98. The van der Waals surface area contributed by atoms with Crippen LogP contribution < -0.4 is 5.32 Å². The van der Waals surface area contributed by atoms with Crippen molar-refractivity contribution in [1.29, 1.82) is 0 Å². The first-order valence-corrected chi connectivity index (χ1v) is 5.70. The molecule has 3 rings (SSSR count). The van der Waals surface area contributed by atoms with Crippen molar-refractivity contribution in [3.63, 3.8) is 0 Å². The molecule has 2 heterocycles. The molecule has 1 saturated heterocycles. The lowest BCUT2D eigenvalue weighted by Gasteiger charge is -2.28. The van der Waals surface area contributed by atoms with Crippen LogP contribution in [0.3, 0.4) is 0 Å². The number of aromatic carboxylic acids is 1. The number of rotatable bonds is 3. The lowest BCUT2D eigenvalue weighted by molar-refractivity contribution is 0.0697. The molecule has 1 aromatic carbocycles.